The third-order valence-electron chi connectivity index (χ3n) is 7.45. The van der Waals surface area contributed by atoms with E-state index in [0.29, 0.717) is 6.42 Å². The van der Waals surface area contributed by atoms with E-state index in [0.717, 1.165) is 44.9 Å². The van der Waals surface area contributed by atoms with Gasteiger partial charge in [-0.15, -0.1) is 0 Å². The van der Waals surface area contributed by atoms with Crippen LogP contribution in [0.2, 0.25) is 16.7 Å². The zero-order chi connectivity index (χ0) is 22.7. The van der Waals surface area contributed by atoms with Crippen molar-refractivity contribution in [2.45, 2.75) is 141 Å². The first kappa shape index (κ1) is 27.8. The molecule has 0 radical (unpaired) electrons. The van der Waals surface area contributed by atoms with Crippen LogP contribution in [0.15, 0.2) is 0 Å². The maximum atomic E-state index is 12.4. The molecule has 1 saturated heterocycles. The van der Waals surface area contributed by atoms with Crippen molar-refractivity contribution < 1.29 is 19.1 Å². The van der Waals surface area contributed by atoms with Gasteiger partial charge in [0.25, 0.3) is 0 Å². The van der Waals surface area contributed by atoms with Crippen LogP contribution in [0.1, 0.15) is 119 Å². The fourth-order valence-electron chi connectivity index (χ4n) is 6.20. The Hall–Kier alpha value is -0.261. The normalized spacial score (nSPS) is 19.3. The molecule has 0 aromatic rings. The van der Waals surface area contributed by atoms with Gasteiger partial charge in [0.2, 0.25) is 0 Å². The van der Waals surface area contributed by atoms with Gasteiger partial charge in [0, 0.05) is 0 Å². The van der Waals surface area contributed by atoms with Crippen molar-refractivity contribution in [3.05, 3.63) is 0 Å². The first-order valence-electron chi connectivity index (χ1n) is 12.7. The van der Waals surface area contributed by atoms with Gasteiger partial charge in [-0.05, 0) is 0 Å². The Labute approximate surface area is 190 Å². The Bertz CT molecular complexity index is 499. The van der Waals surface area contributed by atoms with Crippen LogP contribution in [0, 0.1) is 0 Å². The first-order valence-corrected chi connectivity index (χ1v) is 20.2. The van der Waals surface area contributed by atoms with Crippen LogP contribution in [0.25, 0.3) is 0 Å². The van der Waals surface area contributed by atoms with Crippen molar-refractivity contribution in [2.75, 3.05) is 0 Å². The van der Waals surface area contributed by atoms with E-state index in [2.05, 4.69) is 27.7 Å². The monoisotopic (exact) mass is 532 g/mol. The summed E-state index contributed by atoms with van der Waals surface area (Å²) in [6.07, 6.45) is 13.2. The van der Waals surface area contributed by atoms with Crippen LogP contribution < -0.4 is 0 Å². The molecule has 1 rings (SSSR count). The van der Waals surface area contributed by atoms with Crippen molar-refractivity contribution in [1.82, 2.24) is 0 Å². The van der Waals surface area contributed by atoms with E-state index < -0.39 is 24.2 Å². The van der Waals surface area contributed by atoms with Gasteiger partial charge < -0.3 is 0 Å². The molecule has 0 bridgehead atoms. The van der Waals surface area contributed by atoms with Gasteiger partial charge in [-0.1, -0.05) is 0 Å². The molecule has 0 amide bonds. The van der Waals surface area contributed by atoms with Crippen molar-refractivity contribution in [3.63, 3.8) is 0 Å². The number of rotatable bonds is 14. The number of hydrogen-bond acceptors (Lipinski definition) is 4. The van der Waals surface area contributed by atoms with Crippen molar-refractivity contribution >= 4 is 30.3 Å². The summed E-state index contributed by atoms with van der Waals surface area (Å²) in [6, 6.07) is 0. The fourth-order valence-corrected chi connectivity index (χ4v) is 27.7. The van der Waals surface area contributed by atoms with Crippen LogP contribution in [-0.4, -0.2) is 36.1 Å². The minimum atomic E-state index is -2.90. The van der Waals surface area contributed by atoms with Gasteiger partial charge in [-0.3, -0.25) is 0 Å². The Kier molecular flexibility index (Phi) is 12.3. The van der Waals surface area contributed by atoms with Crippen LogP contribution in [0.3, 0.4) is 0 Å². The fraction of sp³-hybridized carbons (Fsp3) is 0.920. The molecule has 30 heavy (non-hydrogen) atoms. The molecule has 0 aromatic carbocycles. The zero-order valence-electron chi connectivity index (χ0n) is 20.7. The Morgan fingerprint density at radius 2 is 1.20 bits per heavy atom. The summed E-state index contributed by atoms with van der Waals surface area (Å²) in [5.74, 6) is -1.64. The molecule has 1 heterocycles. The molecule has 0 saturated carbocycles. The Morgan fingerprint density at radius 3 is 1.57 bits per heavy atom. The second kappa shape index (κ2) is 13.3. The van der Waals surface area contributed by atoms with Gasteiger partial charge in [0.15, 0.2) is 0 Å². The van der Waals surface area contributed by atoms with Crippen LogP contribution in [-0.2, 0) is 19.1 Å². The van der Waals surface area contributed by atoms with E-state index in [1.165, 1.54) is 52.8 Å². The molecule has 0 N–H and O–H groups in total. The molecule has 0 spiro atoms. The van der Waals surface area contributed by atoms with Crippen molar-refractivity contribution in [3.8, 4) is 0 Å². The molecule has 176 valence electrons. The number of unbranched alkanes of at least 4 members (excludes halogenated alkanes) is 4. The second-order valence-electron chi connectivity index (χ2n) is 9.57. The molecular weight excluding hydrogens is 483 g/mol. The van der Waals surface area contributed by atoms with E-state index in [1.807, 2.05) is 0 Å². The third kappa shape index (κ3) is 6.38. The molecule has 0 unspecified atom stereocenters. The van der Waals surface area contributed by atoms with Gasteiger partial charge in [0.05, 0.1) is 0 Å². The predicted octanol–water partition coefficient (Wildman–Crippen LogP) is 7.77. The van der Waals surface area contributed by atoms with Crippen LogP contribution in [0.5, 0.6) is 0 Å². The summed E-state index contributed by atoms with van der Waals surface area (Å²) in [7, 11) is 0. The van der Waals surface area contributed by atoms with Crippen molar-refractivity contribution in [2.24, 2.45) is 0 Å². The maximum absolute atomic E-state index is 12.4. The van der Waals surface area contributed by atoms with E-state index in [-0.39, 0.29) is 15.4 Å². The SMILES string of the molecule is CCCC[C]1(CCCC)C(OC(C)=O)(OC(C)=O)CC[CH2][Sn]1([CH2]CCC)[CH2]CCC. The number of esters is 2. The van der Waals surface area contributed by atoms with Gasteiger partial charge >= 0.3 is 190 Å². The molecule has 1 aliphatic rings. The summed E-state index contributed by atoms with van der Waals surface area (Å²) in [5, 5.41) is 0. The molecule has 1 fully saturated rings. The van der Waals surface area contributed by atoms with E-state index in [9.17, 15) is 9.59 Å². The van der Waals surface area contributed by atoms with Crippen molar-refractivity contribution in [1.29, 1.82) is 0 Å². The minimum absolute atomic E-state index is 0.104. The zero-order valence-corrected chi connectivity index (χ0v) is 23.6. The summed E-state index contributed by atoms with van der Waals surface area (Å²) in [4.78, 5) is 24.8. The topological polar surface area (TPSA) is 52.6 Å². The number of hydrogen-bond donors (Lipinski definition) is 0. The van der Waals surface area contributed by atoms with E-state index in [1.54, 1.807) is 0 Å². The van der Waals surface area contributed by atoms with E-state index >= 15 is 0 Å². The molecule has 0 atom stereocenters. The molecule has 0 aliphatic carbocycles. The van der Waals surface area contributed by atoms with Gasteiger partial charge in [0.1, 0.15) is 0 Å². The number of carbonyl (C=O) groups excluding carboxylic acids is 2. The standard InChI is InChI=1S/C17H30O4.2C4H9.Sn/c1-6-9-11-16(12-10-7-2)17(13-8-3,20-14(4)18)21-15(5)19;2*1-3-4-2;/h3,6-13H2,1-2,4-5H3;2*1,3-4H2,2H3;. The third-order valence-corrected chi connectivity index (χ3v) is 27.0. The summed E-state index contributed by atoms with van der Waals surface area (Å²) < 4.78 is 16.3. The summed E-state index contributed by atoms with van der Waals surface area (Å²) in [5.41, 5.74) is 0. The summed E-state index contributed by atoms with van der Waals surface area (Å²) >= 11 is -2.90. The summed E-state index contributed by atoms with van der Waals surface area (Å²) in [6.45, 7) is 12.0. The second-order valence-corrected chi connectivity index (χ2v) is 23.9. The van der Waals surface area contributed by atoms with E-state index in [4.69, 9.17) is 9.47 Å². The predicted molar refractivity (Wildman–Crippen MR) is 127 cm³/mol. The molecule has 4 nitrogen and oxygen atoms in total. The average molecular weight is 531 g/mol. The van der Waals surface area contributed by atoms with Crippen LogP contribution >= 0.6 is 0 Å². The molecule has 1 aliphatic heterocycles. The number of ether oxygens (including phenoxy) is 2. The Morgan fingerprint density at radius 1 is 0.767 bits per heavy atom. The molecular formula is C25H48O4Sn. The first-order chi connectivity index (χ1) is 14.3. The number of carbonyl (C=O) groups is 2. The molecule has 5 heteroatoms. The van der Waals surface area contributed by atoms with Crippen LogP contribution in [0.4, 0.5) is 0 Å². The van der Waals surface area contributed by atoms with Gasteiger partial charge in [-0.2, -0.15) is 0 Å². The quantitative estimate of drug-likeness (QED) is 0.131. The molecule has 0 aromatic heterocycles. The Balaban J connectivity index is 3.75. The van der Waals surface area contributed by atoms with Gasteiger partial charge in [-0.25, -0.2) is 0 Å². The average Bonchev–Trinajstić information content (AvgIpc) is 2.68.